The first kappa shape index (κ1) is 21.1. The molecular formula is C25H25N5O2. The first-order chi connectivity index (χ1) is 15.7. The fourth-order valence-electron chi connectivity index (χ4n) is 3.03. The van der Waals surface area contributed by atoms with E-state index in [4.69, 9.17) is 15.2 Å². The molecule has 4 aromatic rings. The molecule has 2 aromatic carbocycles. The van der Waals surface area contributed by atoms with Gasteiger partial charge in [-0.15, -0.1) is 0 Å². The van der Waals surface area contributed by atoms with Gasteiger partial charge in [-0.1, -0.05) is 43.7 Å². The lowest BCUT2D eigenvalue weighted by Crippen LogP contribution is -2.01. The number of hydrogen-bond acceptors (Lipinski definition) is 7. The summed E-state index contributed by atoms with van der Waals surface area (Å²) in [4.78, 5) is 12.8. The van der Waals surface area contributed by atoms with Crippen molar-refractivity contribution in [3.05, 3.63) is 79.0 Å². The number of anilines is 3. The minimum Gasteiger partial charge on any atom is -0.478 e. The first-order valence-electron chi connectivity index (χ1n) is 10.5. The zero-order valence-electron chi connectivity index (χ0n) is 17.9. The van der Waals surface area contributed by atoms with Crippen molar-refractivity contribution in [1.29, 1.82) is 0 Å². The van der Waals surface area contributed by atoms with Crippen LogP contribution >= 0.6 is 0 Å². The maximum absolute atomic E-state index is 5.93. The van der Waals surface area contributed by atoms with Crippen LogP contribution in [0.3, 0.4) is 0 Å². The number of benzene rings is 2. The molecule has 0 aliphatic rings. The lowest BCUT2D eigenvalue weighted by atomic mass is 10.1. The van der Waals surface area contributed by atoms with Crippen molar-refractivity contribution in [2.24, 2.45) is 0 Å². The SMILES string of the molecule is CCCCOc1cc(Oc2ccc(Nc3cc(-c4ccccc4)nc(N)n3)cc2)ccn1. The summed E-state index contributed by atoms with van der Waals surface area (Å²) in [6.07, 6.45) is 3.74. The van der Waals surface area contributed by atoms with E-state index in [0.717, 1.165) is 29.8 Å². The van der Waals surface area contributed by atoms with E-state index in [-0.39, 0.29) is 5.95 Å². The van der Waals surface area contributed by atoms with Gasteiger partial charge in [0.25, 0.3) is 0 Å². The average Bonchev–Trinajstić information content (AvgIpc) is 2.81. The summed E-state index contributed by atoms with van der Waals surface area (Å²) in [6.45, 7) is 2.77. The van der Waals surface area contributed by atoms with Crippen LogP contribution in [0, 0.1) is 0 Å². The van der Waals surface area contributed by atoms with Gasteiger partial charge >= 0.3 is 0 Å². The lowest BCUT2D eigenvalue weighted by Gasteiger charge is -2.11. The van der Waals surface area contributed by atoms with Crippen LogP contribution in [0.2, 0.25) is 0 Å². The third-order valence-corrected chi connectivity index (χ3v) is 4.63. The van der Waals surface area contributed by atoms with Crippen LogP contribution in [0.4, 0.5) is 17.5 Å². The molecule has 0 bridgehead atoms. The molecule has 0 saturated heterocycles. The molecule has 3 N–H and O–H groups in total. The molecule has 0 radical (unpaired) electrons. The fourth-order valence-corrected chi connectivity index (χ4v) is 3.03. The van der Waals surface area contributed by atoms with Crippen molar-refractivity contribution < 1.29 is 9.47 Å². The van der Waals surface area contributed by atoms with Gasteiger partial charge < -0.3 is 20.5 Å². The number of pyridine rings is 1. The van der Waals surface area contributed by atoms with Crippen LogP contribution in [-0.2, 0) is 0 Å². The molecular weight excluding hydrogens is 402 g/mol. The number of nitrogens with zero attached hydrogens (tertiary/aromatic N) is 3. The smallest absolute Gasteiger partial charge is 0.222 e. The van der Waals surface area contributed by atoms with Crippen LogP contribution < -0.4 is 20.5 Å². The van der Waals surface area contributed by atoms with Gasteiger partial charge in [0, 0.05) is 29.6 Å². The molecule has 2 heterocycles. The quantitative estimate of drug-likeness (QED) is 0.324. The van der Waals surface area contributed by atoms with Gasteiger partial charge in [0.1, 0.15) is 17.3 Å². The van der Waals surface area contributed by atoms with Gasteiger partial charge in [-0.3, -0.25) is 0 Å². The molecule has 162 valence electrons. The first-order valence-corrected chi connectivity index (χ1v) is 10.5. The van der Waals surface area contributed by atoms with E-state index in [1.54, 1.807) is 18.3 Å². The molecule has 0 amide bonds. The van der Waals surface area contributed by atoms with Crippen LogP contribution in [0.1, 0.15) is 19.8 Å². The molecule has 4 rings (SSSR count). The van der Waals surface area contributed by atoms with Crippen molar-refractivity contribution in [2.75, 3.05) is 17.7 Å². The number of nitrogen functional groups attached to an aromatic ring is 1. The molecule has 7 nitrogen and oxygen atoms in total. The minimum atomic E-state index is 0.212. The van der Waals surface area contributed by atoms with E-state index < -0.39 is 0 Å². The largest absolute Gasteiger partial charge is 0.478 e. The van der Waals surface area contributed by atoms with E-state index >= 15 is 0 Å². The Hall–Kier alpha value is -4.13. The summed E-state index contributed by atoms with van der Waals surface area (Å²) >= 11 is 0. The number of aromatic nitrogens is 3. The average molecular weight is 428 g/mol. The number of nitrogens with two attached hydrogens (primary N) is 1. The Morgan fingerprint density at radius 1 is 0.906 bits per heavy atom. The van der Waals surface area contributed by atoms with Crippen molar-refractivity contribution in [3.63, 3.8) is 0 Å². The summed E-state index contributed by atoms with van der Waals surface area (Å²) in [7, 11) is 0. The van der Waals surface area contributed by atoms with Crippen molar-refractivity contribution >= 4 is 17.5 Å². The second-order valence-electron chi connectivity index (χ2n) is 7.15. The van der Waals surface area contributed by atoms with Gasteiger partial charge in [-0.05, 0) is 36.8 Å². The van der Waals surface area contributed by atoms with Gasteiger partial charge in [-0.2, -0.15) is 4.98 Å². The molecule has 7 heteroatoms. The number of nitrogens with one attached hydrogen (secondary N) is 1. The molecule has 0 spiro atoms. The molecule has 0 aliphatic heterocycles. The van der Waals surface area contributed by atoms with Crippen LogP contribution in [0.5, 0.6) is 17.4 Å². The third-order valence-electron chi connectivity index (χ3n) is 4.63. The Kier molecular flexibility index (Phi) is 6.77. The highest BCUT2D eigenvalue weighted by Gasteiger charge is 2.06. The minimum absolute atomic E-state index is 0.212. The van der Waals surface area contributed by atoms with Crippen molar-refractivity contribution in [3.8, 4) is 28.6 Å². The van der Waals surface area contributed by atoms with E-state index in [1.807, 2.05) is 60.7 Å². The van der Waals surface area contributed by atoms with Gasteiger partial charge in [0.15, 0.2) is 0 Å². The van der Waals surface area contributed by atoms with Gasteiger partial charge in [-0.25, -0.2) is 9.97 Å². The Morgan fingerprint density at radius 2 is 1.72 bits per heavy atom. The molecule has 0 fully saturated rings. The standard InChI is InChI=1S/C25H25N5O2/c1-2-3-15-31-24-16-21(13-14-27-24)32-20-11-9-19(10-12-20)28-23-17-22(29-25(26)30-23)18-7-5-4-6-8-18/h4-14,16-17H,2-3,15H2,1H3,(H3,26,28,29,30). The highest BCUT2D eigenvalue weighted by Crippen LogP contribution is 2.27. The number of unbranched alkanes of at least 4 members (excludes halogenated alkanes) is 1. The molecule has 32 heavy (non-hydrogen) atoms. The Balaban J connectivity index is 1.42. The fraction of sp³-hybridized carbons (Fsp3) is 0.160. The summed E-state index contributed by atoms with van der Waals surface area (Å²) in [6, 6.07) is 22.9. The Labute approximate surface area is 187 Å². The second-order valence-corrected chi connectivity index (χ2v) is 7.15. The predicted octanol–water partition coefficient (Wildman–Crippen LogP) is 5.84. The number of ether oxygens (including phenoxy) is 2. The summed E-state index contributed by atoms with van der Waals surface area (Å²) < 4.78 is 11.6. The van der Waals surface area contributed by atoms with Gasteiger partial charge in [0.05, 0.1) is 12.3 Å². The molecule has 2 aromatic heterocycles. The molecule has 0 saturated carbocycles. The zero-order valence-corrected chi connectivity index (χ0v) is 17.9. The van der Waals surface area contributed by atoms with Gasteiger partial charge in [0.2, 0.25) is 11.8 Å². The van der Waals surface area contributed by atoms with Crippen LogP contribution in [0.25, 0.3) is 11.3 Å². The summed E-state index contributed by atoms with van der Waals surface area (Å²) in [5, 5.41) is 3.27. The molecule has 0 atom stereocenters. The highest BCUT2D eigenvalue weighted by atomic mass is 16.5. The predicted molar refractivity (Wildman–Crippen MR) is 126 cm³/mol. The summed E-state index contributed by atoms with van der Waals surface area (Å²) in [5.41, 5.74) is 8.50. The number of hydrogen-bond donors (Lipinski definition) is 2. The van der Waals surface area contributed by atoms with E-state index in [2.05, 4.69) is 27.2 Å². The number of rotatable bonds is 9. The maximum atomic E-state index is 5.93. The normalized spacial score (nSPS) is 10.5. The Morgan fingerprint density at radius 3 is 2.50 bits per heavy atom. The Bertz CT molecular complexity index is 1150. The van der Waals surface area contributed by atoms with Crippen LogP contribution in [0.15, 0.2) is 79.0 Å². The summed E-state index contributed by atoms with van der Waals surface area (Å²) in [5.74, 6) is 2.76. The third kappa shape index (κ3) is 5.72. The van der Waals surface area contributed by atoms with Crippen molar-refractivity contribution in [2.45, 2.75) is 19.8 Å². The topological polar surface area (TPSA) is 95.2 Å². The molecule has 0 aliphatic carbocycles. The lowest BCUT2D eigenvalue weighted by molar-refractivity contribution is 0.296. The highest BCUT2D eigenvalue weighted by molar-refractivity contribution is 5.67. The van der Waals surface area contributed by atoms with E-state index in [1.165, 1.54) is 0 Å². The second kappa shape index (κ2) is 10.3. The maximum Gasteiger partial charge on any atom is 0.222 e. The monoisotopic (exact) mass is 427 g/mol. The van der Waals surface area contributed by atoms with E-state index in [0.29, 0.717) is 29.8 Å². The zero-order chi connectivity index (χ0) is 22.2. The van der Waals surface area contributed by atoms with Crippen molar-refractivity contribution in [1.82, 2.24) is 15.0 Å². The molecule has 0 unspecified atom stereocenters. The van der Waals surface area contributed by atoms with Crippen LogP contribution in [-0.4, -0.2) is 21.6 Å². The van der Waals surface area contributed by atoms with E-state index in [9.17, 15) is 0 Å².